The number of carbonyl (C=O) groups excluding carboxylic acids is 1. The van der Waals surface area contributed by atoms with Crippen molar-refractivity contribution in [1.29, 1.82) is 0 Å². The molecule has 0 aliphatic carbocycles. The molecule has 0 spiro atoms. The van der Waals surface area contributed by atoms with Crippen LogP contribution in [0.1, 0.15) is 44.9 Å². The van der Waals surface area contributed by atoms with Crippen molar-refractivity contribution in [3.05, 3.63) is 18.3 Å². The summed E-state index contributed by atoms with van der Waals surface area (Å²) in [6.45, 7) is 2.86. The average molecular weight is 290 g/mol. The lowest BCUT2D eigenvalue weighted by Gasteiger charge is -2.27. The zero-order chi connectivity index (χ0) is 14.9. The van der Waals surface area contributed by atoms with Crippen molar-refractivity contribution >= 4 is 17.4 Å². The number of rotatable bonds is 7. The molecule has 0 unspecified atom stereocenters. The maximum atomic E-state index is 11.8. The van der Waals surface area contributed by atoms with Gasteiger partial charge in [0.25, 0.3) is 0 Å². The Morgan fingerprint density at radius 2 is 2.00 bits per heavy atom. The predicted molar refractivity (Wildman–Crippen MR) is 86.5 cm³/mol. The lowest BCUT2D eigenvalue weighted by molar-refractivity contribution is -0.116. The Hall–Kier alpha value is -1.62. The molecule has 0 atom stereocenters. The number of nitrogens with two attached hydrogens (primary N) is 1. The van der Waals surface area contributed by atoms with Gasteiger partial charge in [0.2, 0.25) is 5.91 Å². The Morgan fingerprint density at radius 3 is 2.67 bits per heavy atom. The smallest absolute Gasteiger partial charge is 0.224 e. The molecule has 1 saturated heterocycles. The van der Waals surface area contributed by atoms with Crippen molar-refractivity contribution in [2.45, 2.75) is 44.9 Å². The van der Waals surface area contributed by atoms with E-state index in [9.17, 15) is 4.79 Å². The summed E-state index contributed by atoms with van der Waals surface area (Å²) in [6, 6.07) is 3.93. The summed E-state index contributed by atoms with van der Waals surface area (Å²) in [4.78, 5) is 18.5. The van der Waals surface area contributed by atoms with Crippen molar-refractivity contribution < 1.29 is 4.79 Å². The van der Waals surface area contributed by atoms with Crippen molar-refractivity contribution in [1.82, 2.24) is 4.98 Å². The summed E-state index contributed by atoms with van der Waals surface area (Å²) in [5.41, 5.74) is 6.21. The number of aromatic nitrogens is 1. The Bertz CT molecular complexity index is 426. The van der Waals surface area contributed by atoms with E-state index in [0.717, 1.165) is 43.9 Å². The van der Waals surface area contributed by atoms with E-state index in [2.05, 4.69) is 15.2 Å². The molecule has 1 aromatic heterocycles. The van der Waals surface area contributed by atoms with Gasteiger partial charge in [0, 0.05) is 19.5 Å². The van der Waals surface area contributed by atoms with Crippen LogP contribution in [0.3, 0.4) is 0 Å². The van der Waals surface area contributed by atoms with E-state index in [1.54, 1.807) is 6.20 Å². The number of pyridine rings is 1. The third-order valence-corrected chi connectivity index (χ3v) is 3.82. The van der Waals surface area contributed by atoms with Gasteiger partial charge < -0.3 is 16.0 Å². The van der Waals surface area contributed by atoms with Gasteiger partial charge in [-0.2, -0.15) is 0 Å². The zero-order valence-electron chi connectivity index (χ0n) is 12.7. The van der Waals surface area contributed by atoms with Crippen LogP contribution in [0.25, 0.3) is 0 Å². The topological polar surface area (TPSA) is 71.2 Å². The summed E-state index contributed by atoms with van der Waals surface area (Å²) >= 11 is 0. The van der Waals surface area contributed by atoms with Crippen LogP contribution in [0.15, 0.2) is 18.3 Å². The second-order valence-electron chi connectivity index (χ2n) is 5.60. The maximum Gasteiger partial charge on any atom is 0.224 e. The lowest BCUT2D eigenvalue weighted by atomic mass is 10.1. The van der Waals surface area contributed by atoms with E-state index >= 15 is 0 Å². The first-order valence-electron chi connectivity index (χ1n) is 8.00. The van der Waals surface area contributed by atoms with Crippen LogP contribution in [-0.4, -0.2) is 30.5 Å². The summed E-state index contributed by atoms with van der Waals surface area (Å²) in [5, 5.41) is 2.90. The molecule has 0 bridgehead atoms. The molecule has 1 aliphatic rings. The van der Waals surface area contributed by atoms with E-state index in [1.807, 2.05) is 12.1 Å². The van der Waals surface area contributed by atoms with Crippen LogP contribution in [0.2, 0.25) is 0 Å². The molecule has 21 heavy (non-hydrogen) atoms. The van der Waals surface area contributed by atoms with Gasteiger partial charge in [0.05, 0.1) is 11.9 Å². The van der Waals surface area contributed by atoms with Gasteiger partial charge in [0.15, 0.2) is 0 Å². The van der Waals surface area contributed by atoms with Gasteiger partial charge in [-0.25, -0.2) is 4.98 Å². The summed E-state index contributed by atoms with van der Waals surface area (Å²) < 4.78 is 0. The number of nitrogens with one attached hydrogen (secondary N) is 1. The van der Waals surface area contributed by atoms with E-state index in [0.29, 0.717) is 13.0 Å². The Labute approximate surface area is 126 Å². The second kappa shape index (κ2) is 8.62. The number of anilines is 2. The minimum atomic E-state index is 0.0551. The highest BCUT2D eigenvalue weighted by Crippen LogP contribution is 2.19. The highest BCUT2D eigenvalue weighted by atomic mass is 16.1. The van der Waals surface area contributed by atoms with Crippen LogP contribution in [0.4, 0.5) is 11.5 Å². The molecule has 1 aliphatic heterocycles. The molecule has 1 aromatic rings. The summed E-state index contributed by atoms with van der Waals surface area (Å²) in [5.74, 6) is 1.06. The average Bonchev–Trinajstić information content (AvgIpc) is 2.53. The van der Waals surface area contributed by atoms with Gasteiger partial charge in [-0.1, -0.05) is 6.42 Å². The molecule has 116 valence electrons. The monoisotopic (exact) mass is 290 g/mol. The number of hydrogen-bond donors (Lipinski definition) is 2. The molecule has 0 radical (unpaired) electrons. The maximum absolute atomic E-state index is 11.8. The Morgan fingerprint density at radius 1 is 1.19 bits per heavy atom. The molecule has 1 fully saturated rings. The fourth-order valence-electron chi connectivity index (χ4n) is 2.60. The predicted octanol–water partition coefficient (Wildman–Crippen LogP) is 2.53. The molecule has 0 aromatic carbocycles. The number of amides is 1. The Balaban J connectivity index is 1.77. The number of hydrogen-bond acceptors (Lipinski definition) is 4. The van der Waals surface area contributed by atoms with Crippen LogP contribution in [0.5, 0.6) is 0 Å². The molecule has 2 rings (SSSR count). The van der Waals surface area contributed by atoms with E-state index in [-0.39, 0.29) is 5.91 Å². The number of carbonyl (C=O) groups is 1. The fourth-order valence-corrected chi connectivity index (χ4v) is 2.60. The van der Waals surface area contributed by atoms with Gasteiger partial charge in [-0.05, 0) is 50.8 Å². The van der Waals surface area contributed by atoms with Crippen molar-refractivity contribution in [2.24, 2.45) is 5.73 Å². The van der Waals surface area contributed by atoms with Gasteiger partial charge in [0.1, 0.15) is 5.82 Å². The first-order chi connectivity index (χ1) is 10.3. The minimum absolute atomic E-state index is 0.0551. The van der Waals surface area contributed by atoms with Crippen molar-refractivity contribution in [3.63, 3.8) is 0 Å². The molecule has 0 saturated carbocycles. The lowest BCUT2D eigenvalue weighted by Crippen LogP contribution is -2.30. The quantitative estimate of drug-likeness (QED) is 0.757. The van der Waals surface area contributed by atoms with Gasteiger partial charge >= 0.3 is 0 Å². The van der Waals surface area contributed by atoms with Gasteiger partial charge in [-0.15, -0.1) is 0 Å². The SMILES string of the molecule is NCCCCCC(=O)Nc1ccc(N2CCCCC2)nc1. The highest BCUT2D eigenvalue weighted by molar-refractivity contribution is 5.90. The normalized spacial score (nSPS) is 15.0. The largest absolute Gasteiger partial charge is 0.357 e. The van der Waals surface area contributed by atoms with Crippen LogP contribution < -0.4 is 16.0 Å². The third kappa shape index (κ3) is 5.34. The molecule has 5 nitrogen and oxygen atoms in total. The van der Waals surface area contributed by atoms with E-state index in [1.165, 1.54) is 19.3 Å². The van der Waals surface area contributed by atoms with Gasteiger partial charge in [-0.3, -0.25) is 4.79 Å². The standard InChI is InChI=1S/C16H26N4O/c17-10-4-1-3-7-16(21)19-14-8-9-15(18-13-14)20-11-5-2-6-12-20/h8-9,13H,1-7,10-12,17H2,(H,19,21). The fraction of sp³-hybridized carbons (Fsp3) is 0.625. The second-order valence-corrected chi connectivity index (χ2v) is 5.60. The third-order valence-electron chi connectivity index (χ3n) is 3.82. The highest BCUT2D eigenvalue weighted by Gasteiger charge is 2.11. The number of unbranched alkanes of at least 4 members (excludes halogenated alkanes) is 2. The number of nitrogens with zero attached hydrogens (tertiary/aromatic N) is 2. The first kappa shape index (κ1) is 15.8. The minimum Gasteiger partial charge on any atom is -0.357 e. The molecular formula is C16H26N4O. The number of piperidine rings is 1. The van der Waals surface area contributed by atoms with Crippen LogP contribution in [0, 0.1) is 0 Å². The first-order valence-corrected chi connectivity index (χ1v) is 8.00. The van der Waals surface area contributed by atoms with Crippen molar-refractivity contribution in [2.75, 3.05) is 29.9 Å². The molecule has 3 N–H and O–H groups in total. The molecule has 5 heteroatoms. The van der Waals surface area contributed by atoms with E-state index in [4.69, 9.17) is 5.73 Å². The molecular weight excluding hydrogens is 264 g/mol. The molecule has 1 amide bonds. The zero-order valence-corrected chi connectivity index (χ0v) is 12.7. The summed E-state index contributed by atoms with van der Waals surface area (Å²) in [7, 11) is 0. The molecule has 2 heterocycles. The van der Waals surface area contributed by atoms with Crippen LogP contribution in [-0.2, 0) is 4.79 Å². The van der Waals surface area contributed by atoms with Crippen molar-refractivity contribution in [3.8, 4) is 0 Å². The Kier molecular flexibility index (Phi) is 6.47. The van der Waals surface area contributed by atoms with E-state index < -0.39 is 0 Å². The van der Waals surface area contributed by atoms with Crippen LogP contribution >= 0.6 is 0 Å². The summed E-state index contributed by atoms with van der Waals surface area (Å²) in [6.07, 6.45) is 8.98.